The molecule has 6 heteroatoms. The predicted octanol–water partition coefficient (Wildman–Crippen LogP) is 3.71. The van der Waals surface area contributed by atoms with E-state index in [-0.39, 0.29) is 10.9 Å². The molecule has 1 heterocycles. The standard InChI is InChI=1S/C15H17Cl2NO3/c1-2-9-5-6-18(13(7-9)15(20)21)14(19)11-4-3-10(16)8-12(11)17/h3-4,8-9,13H,2,5-7H2,1H3,(H,20,21). The second kappa shape index (κ2) is 6.67. The van der Waals surface area contributed by atoms with Crippen molar-refractivity contribution in [3.8, 4) is 0 Å². The van der Waals surface area contributed by atoms with Crippen LogP contribution in [0.2, 0.25) is 10.0 Å². The van der Waals surface area contributed by atoms with Gasteiger partial charge in [0.2, 0.25) is 0 Å². The van der Waals surface area contributed by atoms with E-state index < -0.39 is 12.0 Å². The highest BCUT2D eigenvalue weighted by Crippen LogP contribution is 2.29. The Balaban J connectivity index is 2.26. The minimum absolute atomic E-state index is 0.245. The third-order valence-corrected chi connectivity index (χ3v) is 4.54. The number of rotatable bonds is 3. The van der Waals surface area contributed by atoms with Gasteiger partial charge in [-0.05, 0) is 37.0 Å². The van der Waals surface area contributed by atoms with E-state index in [1.165, 1.54) is 17.0 Å². The first-order valence-corrected chi connectivity index (χ1v) is 7.68. The largest absolute Gasteiger partial charge is 0.480 e. The third-order valence-electron chi connectivity index (χ3n) is 4.00. The fourth-order valence-corrected chi connectivity index (χ4v) is 3.19. The molecule has 1 aliphatic heterocycles. The summed E-state index contributed by atoms with van der Waals surface area (Å²) in [5, 5.41) is 10.1. The zero-order valence-corrected chi connectivity index (χ0v) is 13.2. The van der Waals surface area contributed by atoms with Gasteiger partial charge < -0.3 is 10.0 Å². The monoisotopic (exact) mass is 329 g/mol. The fourth-order valence-electron chi connectivity index (χ4n) is 2.70. The minimum atomic E-state index is -0.966. The highest BCUT2D eigenvalue weighted by atomic mass is 35.5. The van der Waals surface area contributed by atoms with Crippen molar-refractivity contribution in [1.82, 2.24) is 4.90 Å². The number of carboxylic acid groups (broad SMARTS) is 1. The van der Waals surface area contributed by atoms with Crippen LogP contribution in [-0.4, -0.2) is 34.5 Å². The Hall–Kier alpha value is -1.26. The molecule has 0 aromatic heterocycles. The molecular weight excluding hydrogens is 313 g/mol. The molecule has 2 atom stereocenters. The number of halogens is 2. The summed E-state index contributed by atoms with van der Waals surface area (Å²) in [5.41, 5.74) is 0.294. The van der Waals surface area contributed by atoms with Crippen molar-refractivity contribution in [3.05, 3.63) is 33.8 Å². The Morgan fingerprint density at radius 2 is 2.10 bits per heavy atom. The maximum Gasteiger partial charge on any atom is 0.326 e. The summed E-state index contributed by atoms with van der Waals surface area (Å²) >= 11 is 11.9. The van der Waals surface area contributed by atoms with Crippen LogP contribution in [-0.2, 0) is 4.79 Å². The van der Waals surface area contributed by atoms with Gasteiger partial charge in [-0.15, -0.1) is 0 Å². The van der Waals surface area contributed by atoms with Crippen molar-refractivity contribution in [1.29, 1.82) is 0 Å². The molecule has 2 unspecified atom stereocenters. The lowest BCUT2D eigenvalue weighted by molar-refractivity contribution is -0.144. The number of carbonyl (C=O) groups excluding carboxylic acids is 1. The predicted molar refractivity (Wildman–Crippen MR) is 81.9 cm³/mol. The number of aliphatic carboxylic acids is 1. The van der Waals surface area contributed by atoms with Gasteiger partial charge >= 0.3 is 5.97 Å². The number of hydrogen-bond acceptors (Lipinski definition) is 2. The second-order valence-corrected chi connectivity index (χ2v) is 6.12. The molecule has 1 N–H and O–H groups in total. The second-order valence-electron chi connectivity index (χ2n) is 5.28. The van der Waals surface area contributed by atoms with Gasteiger partial charge in [0.05, 0.1) is 10.6 Å². The minimum Gasteiger partial charge on any atom is -0.480 e. The average Bonchev–Trinajstić information content (AvgIpc) is 2.46. The van der Waals surface area contributed by atoms with E-state index in [4.69, 9.17) is 23.2 Å². The lowest BCUT2D eigenvalue weighted by atomic mass is 9.88. The quantitative estimate of drug-likeness (QED) is 0.919. The van der Waals surface area contributed by atoms with Crippen LogP contribution >= 0.6 is 23.2 Å². The van der Waals surface area contributed by atoms with Gasteiger partial charge in [0.1, 0.15) is 6.04 Å². The van der Waals surface area contributed by atoms with Crippen molar-refractivity contribution >= 4 is 35.1 Å². The van der Waals surface area contributed by atoms with Gasteiger partial charge in [0.25, 0.3) is 5.91 Å². The van der Waals surface area contributed by atoms with Crippen LogP contribution in [0, 0.1) is 5.92 Å². The molecule has 1 aromatic carbocycles. The number of piperidine rings is 1. The lowest BCUT2D eigenvalue weighted by Crippen LogP contribution is -2.50. The first-order valence-electron chi connectivity index (χ1n) is 6.92. The molecule has 0 spiro atoms. The Morgan fingerprint density at radius 1 is 1.38 bits per heavy atom. The van der Waals surface area contributed by atoms with E-state index in [0.717, 1.165) is 12.8 Å². The van der Waals surface area contributed by atoms with E-state index in [2.05, 4.69) is 0 Å². The number of carbonyl (C=O) groups is 2. The summed E-state index contributed by atoms with van der Waals surface area (Å²) < 4.78 is 0. The van der Waals surface area contributed by atoms with E-state index in [1.54, 1.807) is 6.07 Å². The van der Waals surface area contributed by atoms with E-state index in [0.29, 0.717) is 29.5 Å². The Bertz CT molecular complexity index is 562. The molecule has 21 heavy (non-hydrogen) atoms. The van der Waals surface area contributed by atoms with Gasteiger partial charge in [-0.1, -0.05) is 36.5 Å². The van der Waals surface area contributed by atoms with Crippen LogP contribution in [0.25, 0.3) is 0 Å². The summed E-state index contributed by atoms with van der Waals surface area (Å²) in [5.74, 6) is -0.971. The Labute approximate surface area is 133 Å². The topological polar surface area (TPSA) is 57.6 Å². The van der Waals surface area contributed by atoms with E-state index in [1.807, 2.05) is 6.92 Å². The highest BCUT2D eigenvalue weighted by molar-refractivity contribution is 6.36. The fraction of sp³-hybridized carbons (Fsp3) is 0.467. The van der Waals surface area contributed by atoms with Crippen LogP contribution < -0.4 is 0 Å². The van der Waals surface area contributed by atoms with Crippen molar-refractivity contribution in [2.24, 2.45) is 5.92 Å². The molecule has 4 nitrogen and oxygen atoms in total. The molecule has 114 valence electrons. The lowest BCUT2D eigenvalue weighted by Gasteiger charge is -2.37. The Morgan fingerprint density at radius 3 is 2.67 bits per heavy atom. The number of nitrogens with zero attached hydrogens (tertiary/aromatic N) is 1. The van der Waals surface area contributed by atoms with Gasteiger partial charge in [-0.2, -0.15) is 0 Å². The molecule has 1 aliphatic rings. The van der Waals surface area contributed by atoms with Gasteiger partial charge in [-0.3, -0.25) is 4.79 Å². The van der Waals surface area contributed by atoms with Crippen LogP contribution in [0.5, 0.6) is 0 Å². The van der Waals surface area contributed by atoms with Crippen molar-refractivity contribution in [3.63, 3.8) is 0 Å². The van der Waals surface area contributed by atoms with E-state index in [9.17, 15) is 14.7 Å². The summed E-state index contributed by atoms with van der Waals surface area (Å²) in [4.78, 5) is 25.4. The van der Waals surface area contributed by atoms with Crippen molar-refractivity contribution < 1.29 is 14.7 Å². The molecule has 0 bridgehead atoms. The molecule has 0 radical (unpaired) electrons. The first-order chi connectivity index (χ1) is 9.93. The maximum absolute atomic E-state index is 12.6. The van der Waals surface area contributed by atoms with E-state index >= 15 is 0 Å². The van der Waals surface area contributed by atoms with Crippen LogP contribution in [0.1, 0.15) is 36.5 Å². The smallest absolute Gasteiger partial charge is 0.326 e. The molecular formula is C15H17Cl2NO3. The molecule has 2 rings (SSSR count). The molecule has 1 saturated heterocycles. The molecule has 1 fully saturated rings. The zero-order chi connectivity index (χ0) is 15.6. The van der Waals surface area contributed by atoms with Gasteiger partial charge in [-0.25, -0.2) is 4.79 Å². The third kappa shape index (κ3) is 3.50. The number of likely N-dealkylation sites (tertiary alicyclic amines) is 1. The van der Waals surface area contributed by atoms with Crippen LogP contribution in [0.3, 0.4) is 0 Å². The number of hydrogen-bond donors (Lipinski definition) is 1. The highest BCUT2D eigenvalue weighted by Gasteiger charge is 2.36. The number of carboxylic acids is 1. The first kappa shape index (κ1) is 16.1. The number of benzene rings is 1. The SMILES string of the molecule is CCC1CCN(C(=O)c2ccc(Cl)cc2Cl)C(C(=O)O)C1. The molecule has 0 aliphatic carbocycles. The van der Waals surface area contributed by atoms with Crippen LogP contribution in [0.4, 0.5) is 0 Å². The maximum atomic E-state index is 12.6. The molecule has 0 saturated carbocycles. The van der Waals surface area contributed by atoms with Crippen LogP contribution in [0.15, 0.2) is 18.2 Å². The summed E-state index contributed by atoms with van der Waals surface area (Å²) in [6.07, 6.45) is 2.23. The number of amides is 1. The molecule has 1 aromatic rings. The van der Waals surface area contributed by atoms with Crippen molar-refractivity contribution in [2.45, 2.75) is 32.2 Å². The zero-order valence-electron chi connectivity index (χ0n) is 11.7. The Kier molecular flexibility index (Phi) is 5.12. The average molecular weight is 330 g/mol. The molecule has 1 amide bonds. The van der Waals surface area contributed by atoms with Gasteiger partial charge in [0, 0.05) is 11.6 Å². The summed E-state index contributed by atoms with van der Waals surface area (Å²) in [6, 6.07) is 3.82. The summed E-state index contributed by atoms with van der Waals surface area (Å²) in [6.45, 7) is 2.48. The normalized spacial score (nSPS) is 22.1. The van der Waals surface area contributed by atoms with Crippen molar-refractivity contribution in [2.75, 3.05) is 6.54 Å². The van der Waals surface area contributed by atoms with Gasteiger partial charge in [0.15, 0.2) is 0 Å². The summed E-state index contributed by atoms with van der Waals surface area (Å²) in [7, 11) is 0.